The second-order valence-electron chi connectivity index (χ2n) is 13.6. The number of ether oxygens (including phenoxy) is 1. The van der Waals surface area contributed by atoms with Gasteiger partial charge in [-0.2, -0.15) is 9.97 Å². The molecule has 3 N–H and O–H groups in total. The lowest BCUT2D eigenvalue weighted by atomic mass is 9.95. The Labute approximate surface area is 270 Å². The van der Waals surface area contributed by atoms with E-state index in [1.165, 1.54) is 6.07 Å². The van der Waals surface area contributed by atoms with Crippen LogP contribution in [0.3, 0.4) is 0 Å². The first-order valence-corrected chi connectivity index (χ1v) is 16.4. The molecule has 4 fully saturated rings. The molecule has 0 saturated carbocycles. The fourth-order valence-electron chi connectivity index (χ4n) is 8.74. The molecule has 240 valence electrons. The van der Waals surface area contributed by atoms with Gasteiger partial charge in [0.1, 0.15) is 47.3 Å². The van der Waals surface area contributed by atoms with Crippen molar-refractivity contribution in [1.82, 2.24) is 34.7 Å². The van der Waals surface area contributed by atoms with E-state index in [0.717, 1.165) is 67.4 Å². The molecule has 0 amide bonds. The maximum absolute atomic E-state index is 15.0. The molecule has 4 aliphatic rings. The highest BCUT2D eigenvalue weighted by atomic mass is 19.1. The standard InChI is InChI=1S/C35H35F2N9O/c1-3-23-25(37)8-5-19-13-26(38)41-29(27(19)23)30-31-24(9-11-39-30)28-32(44(31)2)42-34(43-33(28)45-16-21-6-7-22(17-45)40-21)47-18-35-10-4-12-46(35)15-20(36)14-35/h1,5,8-9,11,13,20-22,40H,4,6-7,10,12,14-18H2,2H3,(H2,38,41)/t20-,21-,22+,35+/m1/s1. The van der Waals surface area contributed by atoms with Crippen LogP contribution in [0.1, 0.15) is 37.7 Å². The van der Waals surface area contributed by atoms with Crippen LogP contribution in [0.25, 0.3) is 44.1 Å². The molecule has 47 heavy (non-hydrogen) atoms. The van der Waals surface area contributed by atoms with E-state index < -0.39 is 12.0 Å². The number of hydrogen-bond donors (Lipinski definition) is 2. The Balaban J connectivity index is 1.25. The lowest BCUT2D eigenvalue weighted by Gasteiger charge is -2.34. The van der Waals surface area contributed by atoms with E-state index >= 15 is 4.39 Å². The Hall–Kier alpha value is -4.60. The summed E-state index contributed by atoms with van der Waals surface area (Å²) in [6, 6.07) is 7.67. The number of halogens is 2. The van der Waals surface area contributed by atoms with Gasteiger partial charge in [-0.3, -0.25) is 9.88 Å². The van der Waals surface area contributed by atoms with E-state index in [4.69, 9.17) is 31.8 Å². The summed E-state index contributed by atoms with van der Waals surface area (Å²) in [6.45, 7) is 3.29. The SMILES string of the molecule is C#Cc1c(F)ccc2cc(N)nc(-c3nccc4c5c(N6C[C@H]7CC[C@@H](C6)N7)nc(OC[C@@]67CCCN6C[C@H](F)C7)nc5n(C)c34)c12. The number of anilines is 2. The number of aromatic nitrogens is 5. The summed E-state index contributed by atoms with van der Waals surface area (Å²) in [6.07, 6.45) is 11.3. The lowest BCUT2D eigenvalue weighted by Crippen LogP contribution is -2.51. The maximum atomic E-state index is 15.0. The van der Waals surface area contributed by atoms with Crippen LogP contribution in [0.4, 0.5) is 20.4 Å². The fraction of sp³-hybridized carbons (Fsp3) is 0.429. The summed E-state index contributed by atoms with van der Waals surface area (Å²) in [5, 5.41) is 6.62. The molecule has 8 heterocycles. The minimum atomic E-state index is -0.849. The Morgan fingerprint density at radius 3 is 2.74 bits per heavy atom. The number of terminal acetylenes is 1. The molecular weight excluding hydrogens is 600 g/mol. The van der Waals surface area contributed by atoms with Crippen molar-refractivity contribution in [3.63, 3.8) is 0 Å². The summed E-state index contributed by atoms with van der Waals surface area (Å²) < 4.78 is 38.0. The number of aryl methyl sites for hydroxylation is 1. The van der Waals surface area contributed by atoms with Crippen molar-refractivity contribution in [3.05, 3.63) is 41.8 Å². The van der Waals surface area contributed by atoms with Crippen molar-refractivity contribution >= 4 is 44.3 Å². The van der Waals surface area contributed by atoms with Crippen LogP contribution in [-0.4, -0.2) is 86.0 Å². The summed E-state index contributed by atoms with van der Waals surface area (Å²) >= 11 is 0. The van der Waals surface area contributed by atoms with E-state index in [0.29, 0.717) is 59.5 Å². The molecule has 4 aliphatic heterocycles. The van der Waals surface area contributed by atoms with E-state index in [9.17, 15) is 4.39 Å². The van der Waals surface area contributed by atoms with E-state index in [1.54, 1.807) is 18.3 Å². The lowest BCUT2D eigenvalue weighted by molar-refractivity contribution is 0.107. The predicted molar refractivity (Wildman–Crippen MR) is 178 cm³/mol. The van der Waals surface area contributed by atoms with Crippen LogP contribution in [0.15, 0.2) is 30.5 Å². The molecule has 2 bridgehead atoms. The molecule has 4 atom stereocenters. The van der Waals surface area contributed by atoms with Crippen molar-refractivity contribution in [3.8, 4) is 29.7 Å². The number of nitrogens with one attached hydrogen (secondary N) is 1. The van der Waals surface area contributed by atoms with Gasteiger partial charge in [0.25, 0.3) is 0 Å². The largest absolute Gasteiger partial charge is 0.461 e. The van der Waals surface area contributed by atoms with Gasteiger partial charge < -0.3 is 25.3 Å². The third-order valence-corrected chi connectivity index (χ3v) is 10.8. The number of benzene rings is 1. The summed E-state index contributed by atoms with van der Waals surface area (Å²) in [5.74, 6) is 3.07. The normalized spacial score (nSPS) is 25.7. The zero-order valence-corrected chi connectivity index (χ0v) is 26.1. The van der Waals surface area contributed by atoms with E-state index in [2.05, 4.69) is 26.0 Å². The number of fused-ring (bicyclic) bond motifs is 7. The number of piperazine rings is 1. The second kappa shape index (κ2) is 10.5. The number of rotatable bonds is 5. The van der Waals surface area contributed by atoms with Gasteiger partial charge in [-0.05, 0) is 55.8 Å². The van der Waals surface area contributed by atoms with Crippen LogP contribution < -0.4 is 20.7 Å². The monoisotopic (exact) mass is 635 g/mol. The smallest absolute Gasteiger partial charge is 0.320 e. The van der Waals surface area contributed by atoms with Gasteiger partial charge in [-0.15, -0.1) is 6.42 Å². The zero-order chi connectivity index (χ0) is 32.0. The van der Waals surface area contributed by atoms with Gasteiger partial charge in [-0.25, -0.2) is 13.8 Å². The van der Waals surface area contributed by atoms with Gasteiger partial charge in [0, 0.05) is 62.2 Å². The topological polar surface area (TPSA) is 110 Å². The Bertz CT molecular complexity index is 2130. The van der Waals surface area contributed by atoms with Crippen molar-refractivity contribution in [1.29, 1.82) is 0 Å². The van der Waals surface area contributed by atoms with Crippen molar-refractivity contribution in [2.45, 2.75) is 55.9 Å². The summed E-state index contributed by atoms with van der Waals surface area (Å²) in [4.78, 5) is 24.1. The molecule has 0 radical (unpaired) electrons. The first kappa shape index (κ1) is 28.6. The molecule has 4 saturated heterocycles. The highest BCUT2D eigenvalue weighted by Gasteiger charge is 2.49. The number of nitrogen functional groups attached to an aromatic ring is 1. The number of alkyl halides is 1. The minimum absolute atomic E-state index is 0.109. The van der Waals surface area contributed by atoms with E-state index in [-0.39, 0.29) is 22.9 Å². The first-order chi connectivity index (χ1) is 22.8. The van der Waals surface area contributed by atoms with Gasteiger partial charge >= 0.3 is 6.01 Å². The summed E-state index contributed by atoms with van der Waals surface area (Å²) in [7, 11) is 1.93. The fourth-order valence-corrected chi connectivity index (χ4v) is 8.74. The average Bonchev–Trinajstić information content (AvgIpc) is 3.79. The molecule has 5 aromatic rings. The molecule has 0 spiro atoms. The highest BCUT2D eigenvalue weighted by molar-refractivity contribution is 6.16. The van der Waals surface area contributed by atoms with Crippen LogP contribution in [0.5, 0.6) is 6.01 Å². The number of nitrogens with two attached hydrogens (primary N) is 1. The van der Waals surface area contributed by atoms with Crippen LogP contribution in [0.2, 0.25) is 0 Å². The average molecular weight is 636 g/mol. The number of pyridine rings is 2. The summed E-state index contributed by atoms with van der Waals surface area (Å²) in [5.41, 5.74) is 8.40. The van der Waals surface area contributed by atoms with Gasteiger partial charge in [-0.1, -0.05) is 12.0 Å². The van der Waals surface area contributed by atoms with Crippen LogP contribution >= 0.6 is 0 Å². The third-order valence-electron chi connectivity index (χ3n) is 10.8. The molecular formula is C35H35F2N9O. The Morgan fingerprint density at radius 2 is 1.94 bits per heavy atom. The molecule has 12 heteroatoms. The number of hydrogen-bond acceptors (Lipinski definition) is 9. The molecule has 1 aromatic carbocycles. The minimum Gasteiger partial charge on any atom is -0.461 e. The van der Waals surface area contributed by atoms with E-state index in [1.807, 2.05) is 17.7 Å². The molecule has 9 rings (SSSR count). The highest BCUT2D eigenvalue weighted by Crippen LogP contribution is 2.43. The number of nitrogens with zero attached hydrogens (tertiary/aromatic N) is 7. The van der Waals surface area contributed by atoms with Crippen LogP contribution in [0, 0.1) is 18.2 Å². The van der Waals surface area contributed by atoms with Crippen LogP contribution in [-0.2, 0) is 7.05 Å². The molecule has 10 nitrogen and oxygen atoms in total. The third kappa shape index (κ3) is 4.36. The quantitative estimate of drug-likeness (QED) is 0.273. The Morgan fingerprint density at radius 1 is 1.11 bits per heavy atom. The molecule has 0 unspecified atom stereocenters. The Kier molecular flexibility index (Phi) is 6.36. The zero-order valence-electron chi connectivity index (χ0n) is 26.1. The van der Waals surface area contributed by atoms with Gasteiger partial charge in [0.05, 0.1) is 22.0 Å². The molecule has 4 aromatic heterocycles. The predicted octanol–water partition coefficient (Wildman–Crippen LogP) is 4.33. The second-order valence-corrected chi connectivity index (χ2v) is 13.6. The first-order valence-electron chi connectivity index (χ1n) is 16.4. The van der Waals surface area contributed by atoms with Gasteiger partial charge in [0.15, 0.2) is 0 Å². The maximum Gasteiger partial charge on any atom is 0.320 e. The van der Waals surface area contributed by atoms with Crippen molar-refractivity contribution in [2.24, 2.45) is 7.05 Å². The van der Waals surface area contributed by atoms with Crippen molar-refractivity contribution in [2.75, 3.05) is 43.4 Å². The van der Waals surface area contributed by atoms with Gasteiger partial charge in [0.2, 0.25) is 0 Å². The molecule has 0 aliphatic carbocycles. The van der Waals surface area contributed by atoms with Crippen molar-refractivity contribution < 1.29 is 13.5 Å².